The molecule has 22 heavy (non-hydrogen) atoms. The van der Waals surface area contributed by atoms with E-state index in [0.717, 1.165) is 25.3 Å². The van der Waals surface area contributed by atoms with Gasteiger partial charge in [-0.05, 0) is 38.0 Å². The fourth-order valence-electron chi connectivity index (χ4n) is 1.81. The van der Waals surface area contributed by atoms with E-state index in [1.807, 2.05) is 6.92 Å². The number of sulfonamides is 1. The van der Waals surface area contributed by atoms with Gasteiger partial charge in [-0.2, -0.15) is 0 Å². The van der Waals surface area contributed by atoms with Gasteiger partial charge in [0.15, 0.2) is 5.96 Å². The summed E-state index contributed by atoms with van der Waals surface area (Å²) >= 11 is 5.81. The van der Waals surface area contributed by atoms with Crippen molar-refractivity contribution in [1.82, 2.24) is 15.4 Å². The lowest BCUT2D eigenvalue weighted by Crippen LogP contribution is -2.39. The first-order chi connectivity index (χ1) is 10.5. The normalized spacial score (nSPS) is 15.6. The van der Waals surface area contributed by atoms with Crippen molar-refractivity contribution in [2.45, 2.75) is 30.7 Å². The van der Waals surface area contributed by atoms with Gasteiger partial charge in [0.2, 0.25) is 10.0 Å². The van der Waals surface area contributed by atoms with Gasteiger partial charge in [0, 0.05) is 24.2 Å². The molecule has 2 rings (SSSR count). The highest BCUT2D eigenvalue weighted by molar-refractivity contribution is 7.89. The highest BCUT2D eigenvalue weighted by Crippen LogP contribution is 2.18. The molecule has 1 aliphatic carbocycles. The molecule has 0 radical (unpaired) electrons. The van der Waals surface area contributed by atoms with Crippen LogP contribution in [-0.2, 0) is 10.0 Å². The largest absolute Gasteiger partial charge is 0.357 e. The third-order valence-electron chi connectivity index (χ3n) is 3.04. The minimum atomic E-state index is -3.55. The molecular formula is C14H21ClN4O2S. The summed E-state index contributed by atoms with van der Waals surface area (Å²) in [6, 6.07) is 6.68. The summed E-state index contributed by atoms with van der Waals surface area (Å²) in [5, 5.41) is 6.80. The maximum absolute atomic E-state index is 12.1. The molecule has 1 aliphatic rings. The van der Waals surface area contributed by atoms with Crippen LogP contribution in [0.3, 0.4) is 0 Å². The SMILES string of the molecule is CCNC(=NCCNS(=O)(=O)c1cccc(Cl)c1)NC1CC1. The molecule has 1 aromatic carbocycles. The molecule has 0 bridgehead atoms. The number of halogens is 1. The monoisotopic (exact) mass is 344 g/mol. The van der Waals surface area contributed by atoms with E-state index in [1.165, 1.54) is 12.1 Å². The van der Waals surface area contributed by atoms with E-state index in [9.17, 15) is 8.42 Å². The van der Waals surface area contributed by atoms with Crippen LogP contribution in [0, 0.1) is 0 Å². The van der Waals surface area contributed by atoms with Gasteiger partial charge < -0.3 is 10.6 Å². The molecule has 1 fully saturated rings. The van der Waals surface area contributed by atoms with Crippen molar-refractivity contribution in [2.75, 3.05) is 19.6 Å². The lowest BCUT2D eigenvalue weighted by Gasteiger charge is -2.10. The number of guanidine groups is 1. The van der Waals surface area contributed by atoms with Crippen molar-refractivity contribution in [3.63, 3.8) is 0 Å². The van der Waals surface area contributed by atoms with Gasteiger partial charge in [-0.15, -0.1) is 0 Å². The van der Waals surface area contributed by atoms with Crippen LogP contribution in [0.1, 0.15) is 19.8 Å². The molecule has 0 aliphatic heterocycles. The molecule has 0 saturated heterocycles. The Bertz CT molecular complexity index is 629. The summed E-state index contributed by atoms with van der Waals surface area (Å²) < 4.78 is 26.7. The molecule has 1 aromatic rings. The number of hydrogen-bond donors (Lipinski definition) is 3. The second kappa shape index (κ2) is 7.80. The summed E-state index contributed by atoms with van der Waals surface area (Å²) in [5.41, 5.74) is 0. The average molecular weight is 345 g/mol. The van der Waals surface area contributed by atoms with Crippen molar-refractivity contribution in [3.05, 3.63) is 29.3 Å². The van der Waals surface area contributed by atoms with E-state index >= 15 is 0 Å². The summed E-state index contributed by atoms with van der Waals surface area (Å²) in [4.78, 5) is 4.51. The Kier molecular flexibility index (Phi) is 6.05. The molecule has 3 N–H and O–H groups in total. The first-order valence-electron chi connectivity index (χ1n) is 7.31. The van der Waals surface area contributed by atoms with Crippen molar-refractivity contribution < 1.29 is 8.42 Å². The number of rotatable bonds is 7. The molecule has 0 atom stereocenters. The molecule has 1 saturated carbocycles. The van der Waals surface area contributed by atoms with E-state index in [1.54, 1.807) is 12.1 Å². The van der Waals surface area contributed by atoms with Crippen molar-refractivity contribution in [3.8, 4) is 0 Å². The lowest BCUT2D eigenvalue weighted by atomic mass is 10.4. The number of hydrogen-bond acceptors (Lipinski definition) is 3. The second-order valence-corrected chi connectivity index (χ2v) is 7.24. The van der Waals surface area contributed by atoms with Crippen molar-refractivity contribution in [1.29, 1.82) is 0 Å². The fraction of sp³-hybridized carbons (Fsp3) is 0.500. The molecule has 122 valence electrons. The van der Waals surface area contributed by atoms with E-state index in [2.05, 4.69) is 20.3 Å². The zero-order chi connectivity index (χ0) is 16.0. The van der Waals surface area contributed by atoms with Crippen molar-refractivity contribution >= 4 is 27.6 Å². The second-order valence-electron chi connectivity index (χ2n) is 5.03. The van der Waals surface area contributed by atoms with Crippen LogP contribution < -0.4 is 15.4 Å². The first kappa shape index (κ1) is 17.1. The Balaban J connectivity index is 1.86. The van der Waals surface area contributed by atoms with Crippen molar-refractivity contribution in [2.24, 2.45) is 4.99 Å². The average Bonchev–Trinajstić information content (AvgIpc) is 3.28. The number of nitrogens with one attached hydrogen (secondary N) is 3. The Labute approximate surface area is 136 Å². The summed E-state index contributed by atoms with van der Waals surface area (Å²) in [6.45, 7) is 3.36. The highest BCUT2D eigenvalue weighted by atomic mass is 35.5. The van der Waals surface area contributed by atoms with E-state index in [4.69, 9.17) is 11.6 Å². The molecule has 6 nitrogen and oxygen atoms in total. The van der Waals surface area contributed by atoms with Gasteiger partial charge in [0.25, 0.3) is 0 Å². The lowest BCUT2D eigenvalue weighted by molar-refractivity contribution is 0.582. The van der Waals surface area contributed by atoms with Gasteiger partial charge in [-0.3, -0.25) is 4.99 Å². The predicted molar refractivity (Wildman–Crippen MR) is 88.8 cm³/mol. The number of nitrogens with zero attached hydrogens (tertiary/aromatic N) is 1. The van der Waals surface area contributed by atoms with Crippen LogP contribution in [0.4, 0.5) is 0 Å². The van der Waals surface area contributed by atoms with Crippen LogP contribution in [0.25, 0.3) is 0 Å². The molecule has 0 heterocycles. The Morgan fingerprint density at radius 2 is 2.18 bits per heavy atom. The minimum Gasteiger partial charge on any atom is -0.357 e. The number of benzene rings is 1. The summed E-state index contributed by atoms with van der Waals surface area (Å²) in [5.74, 6) is 0.729. The van der Waals surface area contributed by atoms with Gasteiger partial charge >= 0.3 is 0 Å². The van der Waals surface area contributed by atoms with Crippen LogP contribution in [0.2, 0.25) is 5.02 Å². The maximum Gasteiger partial charge on any atom is 0.240 e. The number of aliphatic imine (C=N–C) groups is 1. The smallest absolute Gasteiger partial charge is 0.240 e. The molecule has 0 amide bonds. The van der Waals surface area contributed by atoms with Gasteiger partial charge in [0.1, 0.15) is 0 Å². The Morgan fingerprint density at radius 3 is 2.82 bits per heavy atom. The van der Waals surface area contributed by atoms with Crippen LogP contribution >= 0.6 is 11.6 Å². The Hall–Kier alpha value is -1.31. The quantitative estimate of drug-likeness (QED) is 0.396. The van der Waals surface area contributed by atoms with Gasteiger partial charge in [0.05, 0.1) is 11.4 Å². The van der Waals surface area contributed by atoms with Crippen LogP contribution in [0.5, 0.6) is 0 Å². The van der Waals surface area contributed by atoms with Crippen LogP contribution in [0.15, 0.2) is 34.2 Å². The van der Waals surface area contributed by atoms with Gasteiger partial charge in [-0.1, -0.05) is 17.7 Å². The first-order valence-corrected chi connectivity index (χ1v) is 9.17. The van der Waals surface area contributed by atoms with E-state index in [0.29, 0.717) is 17.6 Å². The highest BCUT2D eigenvalue weighted by Gasteiger charge is 2.22. The van der Waals surface area contributed by atoms with Gasteiger partial charge in [-0.25, -0.2) is 13.1 Å². The summed E-state index contributed by atoms with van der Waals surface area (Å²) in [6.07, 6.45) is 2.32. The topological polar surface area (TPSA) is 82.6 Å². The predicted octanol–water partition coefficient (Wildman–Crippen LogP) is 1.34. The molecule has 0 aromatic heterocycles. The zero-order valence-electron chi connectivity index (χ0n) is 12.5. The molecular weight excluding hydrogens is 324 g/mol. The van der Waals surface area contributed by atoms with Crippen LogP contribution in [-0.4, -0.2) is 40.1 Å². The molecule has 0 spiro atoms. The third-order valence-corrected chi connectivity index (χ3v) is 4.74. The van der Waals surface area contributed by atoms with E-state index in [-0.39, 0.29) is 11.4 Å². The standard InChI is InChI=1S/C14H21ClN4O2S/c1-2-16-14(19-12-6-7-12)17-8-9-18-22(20,21)13-5-3-4-11(15)10-13/h3-5,10,12,18H,2,6-9H2,1H3,(H2,16,17,19). The zero-order valence-corrected chi connectivity index (χ0v) is 14.0. The summed E-state index contributed by atoms with van der Waals surface area (Å²) in [7, 11) is -3.55. The fourth-order valence-corrected chi connectivity index (χ4v) is 3.13. The Morgan fingerprint density at radius 1 is 1.41 bits per heavy atom. The maximum atomic E-state index is 12.1. The third kappa shape index (κ3) is 5.47. The molecule has 0 unspecified atom stereocenters. The minimum absolute atomic E-state index is 0.159. The van der Waals surface area contributed by atoms with E-state index < -0.39 is 10.0 Å². The molecule has 8 heteroatoms.